The van der Waals surface area contributed by atoms with E-state index in [4.69, 9.17) is 9.47 Å². The zero-order valence-corrected chi connectivity index (χ0v) is 16.0. The first-order valence-electron chi connectivity index (χ1n) is 8.46. The maximum atomic E-state index is 12.5. The number of aryl methyl sites for hydroxylation is 2. The average molecular weight is 355 g/mol. The van der Waals surface area contributed by atoms with Crippen molar-refractivity contribution < 1.29 is 19.1 Å². The Hall–Kier alpha value is -2.82. The summed E-state index contributed by atoms with van der Waals surface area (Å²) >= 11 is 0. The second-order valence-corrected chi connectivity index (χ2v) is 6.23. The molecule has 0 saturated heterocycles. The molecule has 0 radical (unpaired) electrons. The number of methoxy groups -OCH3 is 2. The highest BCUT2D eigenvalue weighted by Crippen LogP contribution is 2.31. The number of ether oxygens (including phenoxy) is 2. The molecule has 0 saturated carbocycles. The summed E-state index contributed by atoms with van der Waals surface area (Å²) in [7, 11) is 4.80. The molecule has 0 aliphatic rings. The summed E-state index contributed by atoms with van der Waals surface area (Å²) in [6.07, 6.45) is 0.331. The van der Waals surface area contributed by atoms with Gasteiger partial charge in [-0.3, -0.25) is 9.59 Å². The Morgan fingerprint density at radius 3 is 2.27 bits per heavy atom. The summed E-state index contributed by atoms with van der Waals surface area (Å²) in [6.45, 7) is 3.86. The van der Waals surface area contributed by atoms with Crippen LogP contribution >= 0.6 is 0 Å². The van der Waals surface area contributed by atoms with Crippen molar-refractivity contribution in [3.05, 3.63) is 53.1 Å². The number of carbonyl (C=O) groups excluding carboxylic acids is 2. The fourth-order valence-corrected chi connectivity index (χ4v) is 2.74. The molecule has 5 heteroatoms. The number of ketones is 1. The standard InChI is InChI=1S/C21H25NO4/c1-14-6-7-15(2)17(12-14)18(23)9-11-21(24)22(3)16-8-10-19(25-4)20(13-16)26-5/h6-8,10,12-13H,9,11H2,1-5H3. The molecule has 2 aromatic rings. The predicted octanol–water partition coefficient (Wildman–Crippen LogP) is 3.95. The first kappa shape index (κ1) is 19.5. The number of rotatable bonds is 7. The fraction of sp³-hybridized carbons (Fsp3) is 0.333. The van der Waals surface area contributed by atoms with E-state index in [9.17, 15) is 9.59 Å². The van der Waals surface area contributed by atoms with Gasteiger partial charge in [0.2, 0.25) is 5.91 Å². The molecule has 0 fully saturated rings. The lowest BCUT2D eigenvalue weighted by Gasteiger charge is -2.19. The number of amides is 1. The van der Waals surface area contributed by atoms with Gasteiger partial charge >= 0.3 is 0 Å². The smallest absolute Gasteiger partial charge is 0.227 e. The van der Waals surface area contributed by atoms with Crippen LogP contribution in [0.2, 0.25) is 0 Å². The van der Waals surface area contributed by atoms with Crippen molar-refractivity contribution in [1.82, 2.24) is 0 Å². The minimum atomic E-state index is -0.129. The van der Waals surface area contributed by atoms with E-state index in [1.165, 1.54) is 4.90 Å². The molecule has 0 aliphatic carbocycles. The SMILES string of the molecule is COc1ccc(N(C)C(=O)CCC(=O)c2cc(C)ccc2C)cc1OC. The predicted molar refractivity (Wildman–Crippen MR) is 102 cm³/mol. The molecule has 0 heterocycles. The summed E-state index contributed by atoms with van der Waals surface area (Å²) in [6, 6.07) is 11.1. The Kier molecular flexibility index (Phi) is 6.39. The monoisotopic (exact) mass is 355 g/mol. The molecule has 0 atom stereocenters. The molecule has 0 aromatic heterocycles. The minimum absolute atomic E-state index is 0.0136. The van der Waals surface area contributed by atoms with Crippen LogP contribution in [0.1, 0.15) is 34.3 Å². The molecule has 26 heavy (non-hydrogen) atoms. The van der Waals surface area contributed by atoms with Gasteiger partial charge in [0.25, 0.3) is 0 Å². The molecular formula is C21H25NO4. The highest BCUT2D eigenvalue weighted by atomic mass is 16.5. The largest absolute Gasteiger partial charge is 0.493 e. The Labute approximate surface area is 154 Å². The summed E-state index contributed by atoms with van der Waals surface area (Å²) in [5.41, 5.74) is 3.34. The summed E-state index contributed by atoms with van der Waals surface area (Å²) in [5, 5.41) is 0. The van der Waals surface area contributed by atoms with Gasteiger partial charge in [0, 0.05) is 37.2 Å². The minimum Gasteiger partial charge on any atom is -0.493 e. The maximum Gasteiger partial charge on any atom is 0.227 e. The molecule has 0 unspecified atom stereocenters. The third-order valence-corrected chi connectivity index (χ3v) is 4.39. The van der Waals surface area contributed by atoms with Crippen molar-refractivity contribution in [2.75, 3.05) is 26.2 Å². The van der Waals surface area contributed by atoms with Gasteiger partial charge in [-0.25, -0.2) is 0 Å². The Balaban J connectivity index is 2.05. The third kappa shape index (κ3) is 4.42. The average Bonchev–Trinajstić information content (AvgIpc) is 2.66. The van der Waals surface area contributed by atoms with Crippen molar-refractivity contribution in [3.8, 4) is 11.5 Å². The number of hydrogen-bond acceptors (Lipinski definition) is 4. The van der Waals surface area contributed by atoms with Crippen LogP contribution in [0.25, 0.3) is 0 Å². The highest BCUT2D eigenvalue weighted by Gasteiger charge is 2.17. The number of benzene rings is 2. The van der Waals surface area contributed by atoms with E-state index in [1.807, 2.05) is 32.0 Å². The van der Waals surface area contributed by atoms with Gasteiger partial charge in [0.05, 0.1) is 14.2 Å². The number of nitrogens with zero attached hydrogens (tertiary/aromatic N) is 1. The van der Waals surface area contributed by atoms with E-state index in [0.717, 1.165) is 11.1 Å². The molecule has 0 aliphatic heterocycles. The van der Waals surface area contributed by atoms with Gasteiger partial charge in [-0.05, 0) is 37.6 Å². The van der Waals surface area contributed by atoms with Crippen LogP contribution in [-0.4, -0.2) is 33.0 Å². The van der Waals surface area contributed by atoms with Crippen molar-refractivity contribution in [3.63, 3.8) is 0 Å². The van der Waals surface area contributed by atoms with Crippen molar-refractivity contribution >= 4 is 17.4 Å². The molecular weight excluding hydrogens is 330 g/mol. The highest BCUT2D eigenvalue weighted by molar-refractivity contribution is 6.01. The van der Waals surface area contributed by atoms with Crippen LogP contribution in [0.15, 0.2) is 36.4 Å². The van der Waals surface area contributed by atoms with Gasteiger partial charge in [-0.15, -0.1) is 0 Å². The Bertz CT molecular complexity index is 814. The fourth-order valence-electron chi connectivity index (χ4n) is 2.74. The number of anilines is 1. The zero-order valence-electron chi connectivity index (χ0n) is 16.0. The zero-order chi connectivity index (χ0) is 19.3. The lowest BCUT2D eigenvalue weighted by Crippen LogP contribution is -2.26. The summed E-state index contributed by atoms with van der Waals surface area (Å²) < 4.78 is 10.5. The summed E-state index contributed by atoms with van der Waals surface area (Å²) in [4.78, 5) is 26.5. The van der Waals surface area contributed by atoms with E-state index < -0.39 is 0 Å². The molecule has 138 valence electrons. The third-order valence-electron chi connectivity index (χ3n) is 4.39. The first-order valence-corrected chi connectivity index (χ1v) is 8.46. The molecule has 2 aromatic carbocycles. The Morgan fingerprint density at radius 1 is 0.923 bits per heavy atom. The van der Waals surface area contributed by atoms with Crippen LogP contribution in [-0.2, 0) is 4.79 Å². The van der Waals surface area contributed by atoms with Crippen LogP contribution in [0.5, 0.6) is 11.5 Å². The molecule has 0 spiro atoms. The van der Waals surface area contributed by atoms with Gasteiger partial charge < -0.3 is 14.4 Å². The molecule has 5 nitrogen and oxygen atoms in total. The number of Topliss-reactive ketones (excluding diaryl/α,β-unsaturated/α-hetero) is 1. The Morgan fingerprint density at radius 2 is 1.62 bits per heavy atom. The van der Waals surface area contributed by atoms with E-state index >= 15 is 0 Å². The number of carbonyl (C=O) groups is 2. The van der Waals surface area contributed by atoms with Crippen LogP contribution in [0.3, 0.4) is 0 Å². The van der Waals surface area contributed by atoms with E-state index in [2.05, 4.69) is 0 Å². The van der Waals surface area contributed by atoms with E-state index in [-0.39, 0.29) is 24.5 Å². The van der Waals surface area contributed by atoms with Crippen molar-refractivity contribution in [1.29, 1.82) is 0 Å². The van der Waals surface area contributed by atoms with E-state index in [0.29, 0.717) is 22.7 Å². The van der Waals surface area contributed by atoms with Gasteiger partial charge in [0.1, 0.15) is 0 Å². The van der Waals surface area contributed by atoms with Gasteiger partial charge in [-0.1, -0.05) is 17.7 Å². The van der Waals surface area contributed by atoms with Crippen molar-refractivity contribution in [2.45, 2.75) is 26.7 Å². The maximum absolute atomic E-state index is 12.5. The quantitative estimate of drug-likeness (QED) is 0.706. The van der Waals surface area contributed by atoms with Crippen LogP contribution < -0.4 is 14.4 Å². The normalized spacial score (nSPS) is 10.3. The molecule has 2 rings (SSSR count). The second-order valence-electron chi connectivity index (χ2n) is 6.23. The van der Waals surface area contributed by atoms with Gasteiger partial charge in [0.15, 0.2) is 17.3 Å². The number of hydrogen-bond donors (Lipinski definition) is 0. The van der Waals surface area contributed by atoms with Crippen LogP contribution in [0.4, 0.5) is 5.69 Å². The molecule has 1 amide bonds. The topological polar surface area (TPSA) is 55.8 Å². The van der Waals surface area contributed by atoms with Gasteiger partial charge in [-0.2, -0.15) is 0 Å². The lowest BCUT2D eigenvalue weighted by atomic mass is 9.99. The van der Waals surface area contributed by atoms with Crippen LogP contribution in [0, 0.1) is 13.8 Å². The van der Waals surface area contributed by atoms with Crippen molar-refractivity contribution in [2.24, 2.45) is 0 Å². The van der Waals surface area contributed by atoms with E-state index in [1.54, 1.807) is 39.5 Å². The molecule has 0 bridgehead atoms. The lowest BCUT2D eigenvalue weighted by molar-refractivity contribution is -0.118. The second kappa shape index (κ2) is 8.52. The summed E-state index contributed by atoms with van der Waals surface area (Å²) in [5.74, 6) is 1.01. The first-order chi connectivity index (χ1) is 12.4. The molecule has 0 N–H and O–H groups in total.